The Hall–Kier alpha value is -1.07. The molecule has 0 saturated heterocycles. The summed E-state index contributed by atoms with van der Waals surface area (Å²) in [5.74, 6) is 2.70. The van der Waals surface area contributed by atoms with Gasteiger partial charge in [0.1, 0.15) is 5.75 Å². The number of ether oxygens (including phenoxy) is 1. The maximum absolute atomic E-state index is 12.9. The molecule has 1 amide bonds. The lowest BCUT2D eigenvalue weighted by Crippen LogP contribution is -3.00. The number of carbonyl (C=O) groups excluding carboxylic acids is 1. The molecule has 4 nitrogen and oxygen atoms in total. The summed E-state index contributed by atoms with van der Waals surface area (Å²) in [5, 5.41) is 0. The molecular formula is C25H45BrN2O2. The molecule has 0 aliphatic heterocycles. The quantitative estimate of drug-likeness (QED) is 0.335. The van der Waals surface area contributed by atoms with Crippen molar-refractivity contribution in [2.24, 2.45) is 11.8 Å². The second kappa shape index (κ2) is 13.4. The fourth-order valence-electron chi connectivity index (χ4n) is 3.62. The highest BCUT2D eigenvalue weighted by atomic mass is 79.9. The highest BCUT2D eigenvalue weighted by Crippen LogP contribution is 2.27. The van der Waals surface area contributed by atoms with Crippen molar-refractivity contribution in [3.63, 3.8) is 0 Å². The molecule has 0 spiro atoms. The van der Waals surface area contributed by atoms with Crippen molar-refractivity contribution < 1.29 is 31.0 Å². The summed E-state index contributed by atoms with van der Waals surface area (Å²) < 4.78 is 6.82. The second-order valence-corrected chi connectivity index (χ2v) is 10.3. The molecule has 0 saturated carbocycles. The summed E-state index contributed by atoms with van der Waals surface area (Å²) >= 11 is 0. The number of hydrogen-bond acceptors (Lipinski definition) is 2. The molecule has 0 aliphatic rings. The molecule has 0 aliphatic carbocycles. The van der Waals surface area contributed by atoms with Gasteiger partial charge < -0.3 is 31.1 Å². The summed E-state index contributed by atoms with van der Waals surface area (Å²) in [6.07, 6.45) is 0.931. The first kappa shape index (κ1) is 28.9. The van der Waals surface area contributed by atoms with Crippen molar-refractivity contribution in [2.75, 3.05) is 46.9 Å². The van der Waals surface area contributed by atoms with Crippen LogP contribution in [0.25, 0.3) is 0 Å². The molecule has 174 valence electrons. The fraction of sp³-hybridized carbons (Fsp3) is 0.720. The van der Waals surface area contributed by atoms with Crippen molar-refractivity contribution in [2.45, 2.75) is 60.8 Å². The van der Waals surface area contributed by atoms with E-state index >= 15 is 0 Å². The summed E-state index contributed by atoms with van der Waals surface area (Å²) in [4.78, 5) is 15.0. The molecule has 0 aromatic heterocycles. The molecule has 0 N–H and O–H groups in total. The Kier molecular flexibility index (Phi) is 12.9. The van der Waals surface area contributed by atoms with Crippen molar-refractivity contribution in [1.82, 2.24) is 4.90 Å². The Morgan fingerprint density at radius 2 is 1.60 bits per heavy atom. The molecule has 5 heteroatoms. The molecule has 0 radical (unpaired) electrons. The lowest BCUT2D eigenvalue weighted by Gasteiger charge is -2.33. The summed E-state index contributed by atoms with van der Waals surface area (Å²) in [6, 6.07) is 6.45. The van der Waals surface area contributed by atoms with E-state index in [-0.39, 0.29) is 22.9 Å². The van der Waals surface area contributed by atoms with Gasteiger partial charge in [-0.05, 0) is 41.9 Å². The SMILES string of the molecule is Cc1ccc(C(C)C)c(OCCC[N+](C)(C)CC(=O)N(CC(C)C)CC(C)C)c1.[Br-]. The first-order chi connectivity index (χ1) is 13.4. The summed E-state index contributed by atoms with van der Waals surface area (Å²) in [7, 11) is 4.29. The summed E-state index contributed by atoms with van der Waals surface area (Å²) in [5.41, 5.74) is 2.49. The number of quaternary nitrogens is 1. The Balaban J connectivity index is 0.00000841. The van der Waals surface area contributed by atoms with Gasteiger partial charge in [-0.25, -0.2) is 0 Å². The standard InChI is InChI=1S/C25H45N2O2.BrH/c1-19(2)16-26(17-20(3)4)25(28)18-27(8,9)13-10-14-29-24-15-22(7)11-12-23(24)21(5)6;/h11-12,15,19-21H,10,13-14,16-18H2,1-9H3;1H/q+1;/p-1. The Morgan fingerprint density at radius 3 is 2.10 bits per heavy atom. The van der Waals surface area contributed by atoms with E-state index in [0.717, 1.165) is 31.8 Å². The van der Waals surface area contributed by atoms with E-state index in [4.69, 9.17) is 4.74 Å². The molecule has 1 aromatic carbocycles. The number of benzene rings is 1. The van der Waals surface area contributed by atoms with Crippen LogP contribution < -0.4 is 21.7 Å². The third kappa shape index (κ3) is 10.8. The van der Waals surface area contributed by atoms with Gasteiger partial charge in [0.15, 0.2) is 6.54 Å². The molecule has 0 fully saturated rings. The average Bonchev–Trinajstić information content (AvgIpc) is 2.56. The van der Waals surface area contributed by atoms with Gasteiger partial charge in [0.25, 0.3) is 5.91 Å². The third-order valence-corrected chi connectivity index (χ3v) is 5.04. The zero-order valence-corrected chi connectivity index (χ0v) is 22.4. The minimum absolute atomic E-state index is 0. The summed E-state index contributed by atoms with van der Waals surface area (Å²) in [6.45, 7) is 19.0. The second-order valence-electron chi connectivity index (χ2n) is 10.3. The molecule has 1 rings (SSSR count). The molecule has 0 heterocycles. The molecule has 0 atom stereocenters. The first-order valence-electron chi connectivity index (χ1n) is 11.2. The smallest absolute Gasteiger partial charge is 0.277 e. The third-order valence-electron chi connectivity index (χ3n) is 5.04. The molecule has 30 heavy (non-hydrogen) atoms. The van der Waals surface area contributed by atoms with Crippen LogP contribution in [0.5, 0.6) is 5.75 Å². The lowest BCUT2D eigenvalue weighted by molar-refractivity contribution is -0.882. The van der Waals surface area contributed by atoms with Crippen LogP contribution in [0.4, 0.5) is 0 Å². The zero-order valence-electron chi connectivity index (χ0n) is 20.8. The Bertz CT molecular complexity index is 632. The number of aryl methyl sites for hydroxylation is 1. The van der Waals surface area contributed by atoms with E-state index in [9.17, 15) is 4.79 Å². The number of nitrogens with zero attached hydrogens (tertiary/aromatic N) is 2. The largest absolute Gasteiger partial charge is 1.00 e. The van der Waals surface area contributed by atoms with Crippen LogP contribution in [0.3, 0.4) is 0 Å². The predicted octanol–water partition coefficient (Wildman–Crippen LogP) is 2.11. The molecule has 1 aromatic rings. The van der Waals surface area contributed by atoms with Crippen molar-refractivity contribution in [3.05, 3.63) is 29.3 Å². The number of carbonyl (C=O) groups is 1. The molecular weight excluding hydrogens is 440 g/mol. The van der Waals surface area contributed by atoms with E-state index in [0.29, 0.717) is 35.4 Å². The Morgan fingerprint density at radius 1 is 1.03 bits per heavy atom. The van der Waals surface area contributed by atoms with E-state index in [1.54, 1.807) is 0 Å². The minimum Gasteiger partial charge on any atom is -1.00 e. The molecule has 0 unspecified atom stereocenters. The predicted molar refractivity (Wildman–Crippen MR) is 123 cm³/mol. The van der Waals surface area contributed by atoms with E-state index in [1.165, 1.54) is 11.1 Å². The van der Waals surface area contributed by atoms with E-state index < -0.39 is 0 Å². The van der Waals surface area contributed by atoms with Crippen LogP contribution in [0.2, 0.25) is 0 Å². The monoisotopic (exact) mass is 484 g/mol. The van der Waals surface area contributed by atoms with Gasteiger partial charge in [-0.15, -0.1) is 0 Å². The van der Waals surface area contributed by atoms with Gasteiger partial charge in [-0.1, -0.05) is 53.7 Å². The van der Waals surface area contributed by atoms with Gasteiger partial charge in [0, 0.05) is 19.5 Å². The number of hydrogen-bond donors (Lipinski definition) is 0. The van der Waals surface area contributed by atoms with Crippen LogP contribution in [0.15, 0.2) is 18.2 Å². The normalized spacial score (nSPS) is 11.7. The lowest BCUT2D eigenvalue weighted by atomic mass is 10.0. The van der Waals surface area contributed by atoms with Crippen LogP contribution >= 0.6 is 0 Å². The fourth-order valence-corrected chi connectivity index (χ4v) is 3.62. The van der Waals surface area contributed by atoms with Crippen LogP contribution in [-0.4, -0.2) is 62.2 Å². The van der Waals surface area contributed by atoms with Crippen molar-refractivity contribution in [1.29, 1.82) is 0 Å². The van der Waals surface area contributed by atoms with E-state index in [1.807, 2.05) is 4.90 Å². The number of amides is 1. The van der Waals surface area contributed by atoms with Gasteiger partial charge >= 0.3 is 0 Å². The molecule has 0 bridgehead atoms. The van der Waals surface area contributed by atoms with Crippen LogP contribution in [-0.2, 0) is 4.79 Å². The minimum atomic E-state index is 0. The zero-order chi connectivity index (χ0) is 22.2. The van der Waals surface area contributed by atoms with Gasteiger partial charge in [0.2, 0.25) is 0 Å². The maximum atomic E-state index is 12.9. The van der Waals surface area contributed by atoms with Crippen LogP contribution in [0, 0.1) is 18.8 Å². The highest BCUT2D eigenvalue weighted by molar-refractivity contribution is 5.77. The first-order valence-corrected chi connectivity index (χ1v) is 11.2. The van der Waals surface area contributed by atoms with Crippen molar-refractivity contribution in [3.8, 4) is 5.75 Å². The van der Waals surface area contributed by atoms with Gasteiger partial charge in [-0.3, -0.25) is 4.79 Å². The van der Waals surface area contributed by atoms with Gasteiger partial charge in [0.05, 0.1) is 27.2 Å². The number of halogens is 1. The van der Waals surface area contributed by atoms with Crippen LogP contribution in [0.1, 0.15) is 65.0 Å². The topological polar surface area (TPSA) is 29.5 Å². The number of rotatable bonds is 12. The average molecular weight is 486 g/mol. The Labute approximate surface area is 196 Å². The number of likely N-dealkylation sites (N-methyl/N-ethyl adjacent to an activating group) is 1. The highest BCUT2D eigenvalue weighted by Gasteiger charge is 2.25. The van der Waals surface area contributed by atoms with Gasteiger partial charge in [-0.2, -0.15) is 0 Å². The van der Waals surface area contributed by atoms with E-state index in [2.05, 4.69) is 80.8 Å². The van der Waals surface area contributed by atoms with Crippen molar-refractivity contribution >= 4 is 5.91 Å². The maximum Gasteiger partial charge on any atom is 0.277 e.